The fourth-order valence-electron chi connectivity index (χ4n) is 2.61. The second kappa shape index (κ2) is 11.4. The Balaban J connectivity index is 2.82. The maximum absolute atomic E-state index is 12.4. The van der Waals surface area contributed by atoms with Gasteiger partial charge in [0.1, 0.15) is 24.4 Å². The van der Waals surface area contributed by atoms with Crippen LogP contribution in [0.2, 0.25) is 0 Å². The lowest BCUT2D eigenvalue weighted by molar-refractivity contribution is -0.139. The number of nitrogens with two attached hydrogens (primary N) is 1. The Morgan fingerprint density at radius 3 is 2.15 bits per heavy atom. The molecule has 1 fully saturated rings. The highest BCUT2D eigenvalue weighted by atomic mass is 32.2. The van der Waals surface area contributed by atoms with Gasteiger partial charge in [0.05, 0.1) is 18.8 Å². The van der Waals surface area contributed by atoms with E-state index >= 15 is 0 Å². The quantitative estimate of drug-likeness (QED) is 0.146. The number of hydrogen-bond donors (Lipinski definition) is 5. The van der Waals surface area contributed by atoms with Crippen molar-refractivity contribution in [1.29, 1.82) is 0 Å². The predicted molar refractivity (Wildman–Crippen MR) is 107 cm³/mol. The van der Waals surface area contributed by atoms with E-state index in [4.69, 9.17) is 15.9 Å². The van der Waals surface area contributed by atoms with E-state index in [1.54, 1.807) is 0 Å². The van der Waals surface area contributed by atoms with E-state index < -0.39 is 94.8 Å². The van der Waals surface area contributed by atoms with Gasteiger partial charge in [-0.05, 0) is 16.8 Å². The number of carbonyl (C=O) groups excluding carboxylic acids is 3. The Hall–Kier alpha value is -3.54. The third-order valence-electron chi connectivity index (χ3n) is 4.41. The molecule has 0 radical (unpaired) electrons. The number of likely N-dealkylation sites (tertiary alicyclic amines) is 1. The van der Waals surface area contributed by atoms with Crippen LogP contribution in [0.5, 0.6) is 0 Å². The minimum atomic E-state index is -4.38. The lowest BCUT2D eigenvalue weighted by atomic mass is 10.0. The van der Waals surface area contributed by atoms with Gasteiger partial charge in [-0.25, -0.2) is 8.42 Å². The summed E-state index contributed by atoms with van der Waals surface area (Å²) in [4.78, 5) is 79.7. The maximum Gasteiger partial charge on any atom is 0.322 e. The molecule has 6 N–H and O–H groups in total. The lowest BCUT2D eigenvalue weighted by Crippen LogP contribution is -2.62. The minimum absolute atomic E-state index is 0.331. The van der Waals surface area contributed by atoms with Crippen LogP contribution in [0.1, 0.15) is 12.8 Å². The van der Waals surface area contributed by atoms with Crippen molar-refractivity contribution in [2.45, 2.75) is 30.6 Å². The molecule has 0 spiro atoms. The van der Waals surface area contributed by atoms with Crippen LogP contribution < -0.4 is 16.4 Å². The van der Waals surface area contributed by atoms with Crippen molar-refractivity contribution < 1.29 is 42.6 Å². The highest BCUT2D eigenvalue weighted by Crippen LogP contribution is 2.26. The third kappa shape index (κ3) is 8.48. The molecule has 0 saturated carbocycles. The van der Waals surface area contributed by atoms with Gasteiger partial charge in [-0.1, -0.05) is 0 Å². The highest BCUT2D eigenvalue weighted by molar-refractivity contribution is 7.92. The fourth-order valence-corrected chi connectivity index (χ4v) is 4.03. The average molecular weight is 494 g/mol. The minimum Gasteiger partial charge on any atom is -0.480 e. The smallest absolute Gasteiger partial charge is 0.322 e. The number of hydrogen-bond acceptors (Lipinski definition) is 12. The van der Waals surface area contributed by atoms with Gasteiger partial charge < -0.3 is 31.5 Å². The molecular weight excluding hydrogens is 472 g/mol. The zero-order valence-corrected chi connectivity index (χ0v) is 17.8. The summed E-state index contributed by atoms with van der Waals surface area (Å²) in [5.74, 6) is -8.22. The van der Waals surface area contributed by atoms with Crippen LogP contribution in [-0.4, -0.2) is 102 Å². The van der Waals surface area contributed by atoms with Crippen molar-refractivity contribution in [3.8, 4) is 0 Å². The fraction of sp³-hybridized carbons (Fsp3) is 0.667. The van der Waals surface area contributed by atoms with E-state index in [0.717, 1.165) is 4.90 Å². The maximum atomic E-state index is 12.4. The summed E-state index contributed by atoms with van der Waals surface area (Å²) in [6, 6.07) is -3.19. The first kappa shape index (κ1) is 27.5. The first-order valence-corrected chi connectivity index (χ1v) is 11.0. The number of rotatable bonds is 14. The molecule has 0 aromatic rings. The SMILES string of the molecule is NC(CCC(=O)N[C@@H](CS(=O)(=O)CC(=O)N1CC(N=O)(N=O)C1)C(=O)NCC(=O)O)C(=O)O. The first-order chi connectivity index (χ1) is 15.2. The molecule has 1 saturated heterocycles. The summed E-state index contributed by atoms with van der Waals surface area (Å²) < 4.78 is 24.8. The second-order valence-electron chi connectivity index (χ2n) is 7.18. The van der Waals surface area contributed by atoms with Crippen LogP contribution in [0.4, 0.5) is 0 Å². The molecule has 1 aliphatic rings. The van der Waals surface area contributed by atoms with Gasteiger partial charge in [-0.15, -0.1) is 9.81 Å². The molecule has 1 aliphatic heterocycles. The molecule has 0 aliphatic carbocycles. The largest absolute Gasteiger partial charge is 0.480 e. The van der Waals surface area contributed by atoms with E-state index in [2.05, 4.69) is 10.4 Å². The van der Waals surface area contributed by atoms with Crippen molar-refractivity contribution in [1.82, 2.24) is 15.5 Å². The molecule has 1 unspecified atom stereocenters. The van der Waals surface area contributed by atoms with Gasteiger partial charge >= 0.3 is 11.9 Å². The van der Waals surface area contributed by atoms with Crippen LogP contribution >= 0.6 is 0 Å². The topological polar surface area (TPSA) is 272 Å². The summed E-state index contributed by atoms with van der Waals surface area (Å²) >= 11 is 0. The van der Waals surface area contributed by atoms with E-state index in [-0.39, 0.29) is 6.42 Å². The van der Waals surface area contributed by atoms with Gasteiger partial charge in [0.25, 0.3) is 5.66 Å². The molecular formula is C15H22N6O11S. The van der Waals surface area contributed by atoms with Crippen molar-refractivity contribution in [2.24, 2.45) is 16.1 Å². The standard InChI is InChI=1S/C15H22N6O11S/c16-8(14(27)28)1-2-10(22)18-9(13(26)17-3-12(24)25)4-33(31,32)5-11(23)21-6-15(7-21,19-29)20-30/h8-9H,1-7,16H2,(H,17,26)(H,18,22)(H,24,25)(H,27,28)/t8?,9-/m0/s1. The zero-order valence-electron chi connectivity index (χ0n) is 17.0. The van der Waals surface area contributed by atoms with Gasteiger partial charge in [0.2, 0.25) is 17.7 Å². The summed E-state index contributed by atoms with van der Waals surface area (Å²) in [6.45, 7) is -1.92. The monoisotopic (exact) mass is 494 g/mol. The number of aliphatic carboxylic acids is 2. The Morgan fingerprint density at radius 2 is 1.67 bits per heavy atom. The zero-order chi connectivity index (χ0) is 25.4. The van der Waals surface area contributed by atoms with Crippen LogP contribution in [0.3, 0.4) is 0 Å². The molecule has 0 aromatic heterocycles. The van der Waals surface area contributed by atoms with E-state index in [1.807, 2.05) is 10.6 Å². The van der Waals surface area contributed by atoms with E-state index in [1.165, 1.54) is 0 Å². The Kier molecular flexibility index (Phi) is 9.47. The van der Waals surface area contributed by atoms with Crippen molar-refractivity contribution >= 4 is 39.5 Å². The normalized spacial score (nSPS) is 16.5. The third-order valence-corrected chi connectivity index (χ3v) is 5.94. The van der Waals surface area contributed by atoms with Crippen LogP contribution in [-0.2, 0) is 33.8 Å². The number of nitroso groups, excluding NO2 is 2. The Labute approximate surface area is 185 Å². The highest BCUT2D eigenvalue weighted by Gasteiger charge is 2.49. The summed E-state index contributed by atoms with van der Waals surface area (Å²) in [5, 5.41) is 26.3. The van der Waals surface area contributed by atoms with Crippen molar-refractivity contribution in [3.63, 3.8) is 0 Å². The van der Waals surface area contributed by atoms with Gasteiger partial charge in [0, 0.05) is 6.42 Å². The molecule has 18 heteroatoms. The number of nitrogens with one attached hydrogen (secondary N) is 2. The van der Waals surface area contributed by atoms with E-state index in [9.17, 15) is 42.2 Å². The van der Waals surface area contributed by atoms with Crippen LogP contribution in [0, 0.1) is 9.81 Å². The molecule has 1 rings (SSSR count). The Morgan fingerprint density at radius 1 is 1.09 bits per heavy atom. The summed E-state index contributed by atoms with van der Waals surface area (Å²) in [7, 11) is -4.38. The second-order valence-corrected chi connectivity index (χ2v) is 9.29. The molecule has 184 valence electrons. The molecule has 0 aromatic carbocycles. The van der Waals surface area contributed by atoms with Crippen molar-refractivity contribution in [3.05, 3.63) is 9.81 Å². The molecule has 3 amide bonds. The molecule has 33 heavy (non-hydrogen) atoms. The van der Waals surface area contributed by atoms with Gasteiger partial charge in [-0.2, -0.15) is 0 Å². The molecule has 1 heterocycles. The molecule has 2 atom stereocenters. The number of amides is 3. The summed E-state index contributed by atoms with van der Waals surface area (Å²) in [5.41, 5.74) is 3.38. The summed E-state index contributed by atoms with van der Waals surface area (Å²) in [6.07, 6.45) is -0.815. The lowest BCUT2D eigenvalue weighted by Gasteiger charge is -2.39. The first-order valence-electron chi connectivity index (χ1n) is 9.18. The molecule has 17 nitrogen and oxygen atoms in total. The molecule has 0 bridgehead atoms. The van der Waals surface area contributed by atoms with Gasteiger partial charge in [-0.3, -0.25) is 24.0 Å². The number of carboxylic acids is 2. The number of sulfone groups is 1. The average Bonchev–Trinajstić information content (AvgIpc) is 2.68. The van der Waals surface area contributed by atoms with Crippen LogP contribution in [0.15, 0.2) is 10.4 Å². The van der Waals surface area contributed by atoms with Crippen LogP contribution in [0.25, 0.3) is 0 Å². The van der Waals surface area contributed by atoms with Gasteiger partial charge in [0.15, 0.2) is 9.84 Å². The predicted octanol–water partition coefficient (Wildman–Crippen LogP) is -3.65. The van der Waals surface area contributed by atoms with Crippen molar-refractivity contribution in [2.75, 3.05) is 31.1 Å². The van der Waals surface area contributed by atoms with E-state index in [0.29, 0.717) is 0 Å². The Bertz CT molecular complexity index is 921. The number of nitrogens with zero attached hydrogens (tertiary/aromatic N) is 3. The number of carboxylic acid groups (broad SMARTS) is 2. The number of carbonyl (C=O) groups is 5.